The Labute approximate surface area is 197 Å². The fourth-order valence-electron chi connectivity index (χ4n) is 3.47. The summed E-state index contributed by atoms with van der Waals surface area (Å²) in [5.41, 5.74) is 1.16. The molecule has 4 rings (SSSR count). The van der Waals surface area contributed by atoms with Gasteiger partial charge in [0, 0.05) is 16.6 Å². The fraction of sp³-hybridized carbons (Fsp3) is 0.174. The summed E-state index contributed by atoms with van der Waals surface area (Å²) in [5, 5.41) is 0.771. The molecule has 0 atom stereocenters. The van der Waals surface area contributed by atoms with E-state index in [1.807, 2.05) is 6.07 Å². The molecule has 0 saturated heterocycles. The topological polar surface area (TPSA) is 66.9 Å². The van der Waals surface area contributed by atoms with Crippen LogP contribution in [0, 0.1) is 0 Å². The van der Waals surface area contributed by atoms with Gasteiger partial charge in [-0.3, -0.25) is 4.79 Å². The van der Waals surface area contributed by atoms with Crippen LogP contribution in [0.3, 0.4) is 0 Å². The van der Waals surface area contributed by atoms with Gasteiger partial charge in [0.1, 0.15) is 12.4 Å². The first-order valence-electron chi connectivity index (χ1n) is 9.87. The molecule has 0 aliphatic carbocycles. The summed E-state index contributed by atoms with van der Waals surface area (Å²) < 4.78 is 33.6. The molecule has 0 spiro atoms. The number of halogens is 2. The van der Waals surface area contributed by atoms with Crippen LogP contribution in [0.2, 0.25) is 10.0 Å². The van der Waals surface area contributed by atoms with E-state index in [9.17, 15) is 13.2 Å². The number of rotatable bonds is 6. The molecule has 0 fully saturated rings. The van der Waals surface area contributed by atoms with E-state index in [1.165, 1.54) is 12.1 Å². The third kappa shape index (κ3) is 4.76. The van der Waals surface area contributed by atoms with E-state index in [4.69, 9.17) is 27.9 Å². The molecule has 1 aliphatic rings. The van der Waals surface area contributed by atoms with Gasteiger partial charge in [-0.15, -0.1) is 0 Å². The third-order valence-electron chi connectivity index (χ3n) is 5.08. The highest BCUT2D eigenvalue weighted by molar-refractivity contribution is 7.89. The highest BCUT2D eigenvalue weighted by Crippen LogP contribution is 2.32. The SMILES string of the molecule is O=C(CN(Cc1ccc(Cl)cc1Cl)S(=O)(=O)c1ccccc1)N1CCOc2ccccc21. The van der Waals surface area contributed by atoms with Crippen LogP contribution in [0.15, 0.2) is 77.7 Å². The fourth-order valence-corrected chi connectivity index (χ4v) is 5.33. The molecule has 0 bridgehead atoms. The van der Waals surface area contributed by atoms with Crippen LogP contribution in [0.1, 0.15) is 5.56 Å². The Morgan fingerprint density at radius 1 is 1.00 bits per heavy atom. The van der Waals surface area contributed by atoms with Gasteiger partial charge in [-0.1, -0.05) is 59.6 Å². The van der Waals surface area contributed by atoms with Crippen molar-refractivity contribution < 1.29 is 17.9 Å². The molecule has 3 aromatic rings. The van der Waals surface area contributed by atoms with Crippen LogP contribution in [0.25, 0.3) is 0 Å². The minimum atomic E-state index is -3.97. The van der Waals surface area contributed by atoms with Gasteiger partial charge in [-0.05, 0) is 42.0 Å². The molecule has 0 N–H and O–H groups in total. The van der Waals surface area contributed by atoms with Crippen LogP contribution < -0.4 is 9.64 Å². The Hall–Kier alpha value is -2.58. The summed E-state index contributed by atoms with van der Waals surface area (Å²) in [6, 6.07) is 20.0. The van der Waals surface area contributed by atoms with Crippen LogP contribution in [0.4, 0.5) is 5.69 Å². The van der Waals surface area contributed by atoms with E-state index in [0.717, 1.165) is 4.31 Å². The van der Waals surface area contributed by atoms with Crippen molar-refractivity contribution in [2.24, 2.45) is 0 Å². The zero-order valence-corrected chi connectivity index (χ0v) is 19.3. The predicted octanol–water partition coefficient (Wildman–Crippen LogP) is 4.61. The summed E-state index contributed by atoms with van der Waals surface area (Å²) in [6.45, 7) is 0.226. The Balaban J connectivity index is 1.67. The Morgan fingerprint density at radius 2 is 1.72 bits per heavy atom. The number of carbonyl (C=O) groups is 1. The van der Waals surface area contributed by atoms with Gasteiger partial charge >= 0.3 is 0 Å². The lowest BCUT2D eigenvalue weighted by molar-refractivity contribution is -0.119. The number of fused-ring (bicyclic) bond motifs is 1. The molecule has 32 heavy (non-hydrogen) atoms. The average Bonchev–Trinajstić information content (AvgIpc) is 2.80. The van der Waals surface area contributed by atoms with Gasteiger partial charge in [0.15, 0.2) is 0 Å². The molecule has 6 nitrogen and oxygen atoms in total. The van der Waals surface area contributed by atoms with Gasteiger partial charge in [-0.25, -0.2) is 8.42 Å². The molecule has 9 heteroatoms. The third-order valence-corrected chi connectivity index (χ3v) is 7.48. The summed E-state index contributed by atoms with van der Waals surface area (Å²) >= 11 is 12.3. The molecule has 1 amide bonds. The molecule has 1 aliphatic heterocycles. The molecular formula is C23H20Cl2N2O4S. The van der Waals surface area contributed by atoms with Gasteiger partial charge < -0.3 is 9.64 Å². The molecule has 0 radical (unpaired) electrons. The molecule has 0 aromatic heterocycles. The van der Waals surface area contributed by atoms with Crippen molar-refractivity contribution in [3.05, 3.63) is 88.4 Å². The number of benzene rings is 3. The number of hydrogen-bond acceptors (Lipinski definition) is 4. The van der Waals surface area contributed by atoms with Crippen molar-refractivity contribution in [1.82, 2.24) is 4.31 Å². The Morgan fingerprint density at radius 3 is 2.47 bits per heavy atom. The summed E-state index contributed by atoms with van der Waals surface area (Å²) in [7, 11) is -3.97. The van der Waals surface area contributed by atoms with Crippen molar-refractivity contribution in [1.29, 1.82) is 0 Å². The smallest absolute Gasteiger partial charge is 0.243 e. The maximum atomic E-state index is 13.4. The van der Waals surface area contributed by atoms with Crippen molar-refractivity contribution in [2.45, 2.75) is 11.4 Å². The maximum absolute atomic E-state index is 13.4. The number of hydrogen-bond donors (Lipinski definition) is 0. The zero-order valence-electron chi connectivity index (χ0n) is 16.9. The Kier molecular flexibility index (Phi) is 6.71. The monoisotopic (exact) mass is 490 g/mol. The lowest BCUT2D eigenvalue weighted by atomic mass is 10.2. The number of amides is 1. The Bertz CT molecular complexity index is 1240. The molecule has 1 heterocycles. The minimum absolute atomic E-state index is 0.0784. The lowest BCUT2D eigenvalue weighted by Gasteiger charge is -2.31. The molecule has 0 unspecified atom stereocenters. The van der Waals surface area contributed by atoms with E-state index >= 15 is 0 Å². The second-order valence-corrected chi connectivity index (χ2v) is 9.97. The first-order chi connectivity index (χ1) is 15.4. The van der Waals surface area contributed by atoms with E-state index in [1.54, 1.807) is 59.5 Å². The predicted molar refractivity (Wildman–Crippen MR) is 125 cm³/mol. The molecule has 0 saturated carbocycles. The minimum Gasteiger partial charge on any atom is -0.490 e. The summed E-state index contributed by atoms with van der Waals surface area (Å²) in [4.78, 5) is 14.9. The van der Waals surface area contributed by atoms with Crippen LogP contribution in [-0.4, -0.2) is 38.3 Å². The van der Waals surface area contributed by atoms with Gasteiger partial charge in [0.25, 0.3) is 0 Å². The van der Waals surface area contributed by atoms with Crippen LogP contribution in [-0.2, 0) is 21.4 Å². The first kappa shape index (κ1) is 22.6. The van der Waals surface area contributed by atoms with Crippen molar-refractivity contribution >= 4 is 44.8 Å². The molecular weight excluding hydrogens is 471 g/mol. The number of sulfonamides is 1. The van der Waals surface area contributed by atoms with E-state index < -0.39 is 10.0 Å². The number of para-hydroxylation sites is 2. The maximum Gasteiger partial charge on any atom is 0.243 e. The van der Waals surface area contributed by atoms with Crippen molar-refractivity contribution in [3.8, 4) is 5.75 Å². The largest absolute Gasteiger partial charge is 0.490 e. The molecule has 3 aromatic carbocycles. The van der Waals surface area contributed by atoms with Crippen molar-refractivity contribution in [2.75, 3.05) is 24.6 Å². The first-order valence-corrected chi connectivity index (χ1v) is 12.1. The normalized spacial score (nSPS) is 13.5. The van der Waals surface area contributed by atoms with E-state index in [2.05, 4.69) is 0 Å². The van der Waals surface area contributed by atoms with Gasteiger partial charge in [0.05, 0.1) is 23.7 Å². The van der Waals surface area contributed by atoms with E-state index in [0.29, 0.717) is 40.2 Å². The second kappa shape index (κ2) is 9.50. The number of nitrogens with zero attached hydrogens (tertiary/aromatic N) is 2. The van der Waals surface area contributed by atoms with Gasteiger partial charge in [0.2, 0.25) is 15.9 Å². The highest BCUT2D eigenvalue weighted by Gasteiger charge is 2.31. The number of ether oxygens (including phenoxy) is 1. The average molecular weight is 491 g/mol. The van der Waals surface area contributed by atoms with Gasteiger partial charge in [-0.2, -0.15) is 4.31 Å². The summed E-state index contributed by atoms with van der Waals surface area (Å²) in [6.07, 6.45) is 0. The lowest BCUT2D eigenvalue weighted by Crippen LogP contribution is -2.45. The molecule has 166 valence electrons. The van der Waals surface area contributed by atoms with Crippen molar-refractivity contribution in [3.63, 3.8) is 0 Å². The highest BCUT2D eigenvalue weighted by atomic mass is 35.5. The number of carbonyl (C=O) groups excluding carboxylic acids is 1. The standard InChI is InChI=1S/C23H20Cl2N2O4S/c24-18-11-10-17(20(25)14-18)15-26(32(29,30)19-6-2-1-3-7-19)16-23(28)27-12-13-31-22-9-5-4-8-21(22)27/h1-11,14H,12-13,15-16H2. The van der Waals surface area contributed by atoms with Crippen LogP contribution in [0.5, 0.6) is 5.75 Å². The second-order valence-electron chi connectivity index (χ2n) is 7.18. The van der Waals surface area contributed by atoms with E-state index in [-0.39, 0.29) is 23.9 Å². The summed E-state index contributed by atoms with van der Waals surface area (Å²) in [5.74, 6) is 0.232. The van der Waals surface area contributed by atoms with Crippen LogP contribution >= 0.6 is 23.2 Å². The zero-order chi connectivity index (χ0) is 22.7. The number of anilines is 1. The quantitative estimate of drug-likeness (QED) is 0.505.